The molecule has 1 N–H and O–H groups in total. The zero-order valence-electron chi connectivity index (χ0n) is 15.3. The van der Waals surface area contributed by atoms with E-state index in [0.717, 1.165) is 16.6 Å². The number of nitrogens with zero attached hydrogens (tertiary/aromatic N) is 3. The van der Waals surface area contributed by atoms with E-state index in [4.69, 9.17) is 23.2 Å². The molecule has 3 aromatic carbocycles. The Morgan fingerprint density at radius 1 is 0.966 bits per heavy atom. The summed E-state index contributed by atoms with van der Waals surface area (Å²) in [5, 5.41) is 20.5. The highest BCUT2D eigenvalue weighted by Gasteiger charge is 2.20. The Hall–Kier alpha value is -2.92. The number of benzene rings is 3. The van der Waals surface area contributed by atoms with Gasteiger partial charge in [0.05, 0.1) is 11.2 Å². The van der Waals surface area contributed by atoms with Crippen molar-refractivity contribution in [2.45, 2.75) is 6.10 Å². The summed E-state index contributed by atoms with van der Waals surface area (Å²) in [5.74, 6) is 0. The van der Waals surface area contributed by atoms with Crippen LogP contribution in [0.3, 0.4) is 0 Å². The number of halogens is 2. The molecule has 1 heterocycles. The van der Waals surface area contributed by atoms with Crippen LogP contribution in [-0.4, -0.2) is 20.1 Å². The third kappa shape index (κ3) is 4.25. The van der Waals surface area contributed by atoms with E-state index in [9.17, 15) is 5.11 Å². The van der Waals surface area contributed by atoms with Crippen LogP contribution in [0, 0.1) is 0 Å². The first-order valence-electron chi connectivity index (χ1n) is 9.00. The quantitative estimate of drug-likeness (QED) is 0.400. The van der Waals surface area contributed by atoms with Crippen molar-refractivity contribution in [3.63, 3.8) is 0 Å². The van der Waals surface area contributed by atoms with Gasteiger partial charge in [0.2, 0.25) is 0 Å². The highest BCUT2D eigenvalue weighted by molar-refractivity contribution is 6.35. The Bertz CT molecular complexity index is 1200. The largest absolute Gasteiger partial charge is 0.382 e. The summed E-state index contributed by atoms with van der Waals surface area (Å²) in [5.41, 5.74) is 3.63. The second-order valence-electron chi connectivity index (χ2n) is 6.42. The molecule has 0 saturated heterocycles. The Morgan fingerprint density at radius 2 is 1.72 bits per heavy atom. The van der Waals surface area contributed by atoms with Gasteiger partial charge in [-0.05, 0) is 35.9 Å². The lowest BCUT2D eigenvalue weighted by atomic mass is 10.1. The fourth-order valence-corrected chi connectivity index (χ4v) is 3.55. The maximum atomic E-state index is 11.2. The van der Waals surface area contributed by atoms with Crippen molar-refractivity contribution in [2.24, 2.45) is 0 Å². The molecule has 0 aliphatic rings. The number of aliphatic hydroxyl groups excluding tert-OH is 1. The van der Waals surface area contributed by atoms with Gasteiger partial charge >= 0.3 is 0 Å². The molecule has 144 valence electrons. The zero-order chi connectivity index (χ0) is 20.2. The lowest BCUT2D eigenvalue weighted by Crippen LogP contribution is -2.10. The average molecular weight is 422 g/mol. The minimum Gasteiger partial charge on any atom is -0.382 e. The highest BCUT2D eigenvalue weighted by atomic mass is 35.5. The Morgan fingerprint density at radius 3 is 2.52 bits per heavy atom. The highest BCUT2D eigenvalue weighted by Crippen LogP contribution is 2.33. The van der Waals surface area contributed by atoms with Gasteiger partial charge < -0.3 is 5.11 Å². The van der Waals surface area contributed by atoms with Gasteiger partial charge in [-0.1, -0.05) is 89.1 Å². The van der Waals surface area contributed by atoms with E-state index in [0.29, 0.717) is 21.3 Å². The van der Waals surface area contributed by atoms with Crippen LogP contribution in [0.1, 0.15) is 17.2 Å². The SMILES string of the molecule is OC(/C(=C\C=C\c1ccccc1)n1nnc2ccccc21)c1ccc(Cl)cc1Cl. The molecule has 1 atom stereocenters. The summed E-state index contributed by atoms with van der Waals surface area (Å²) < 4.78 is 1.63. The van der Waals surface area contributed by atoms with Crippen LogP contribution >= 0.6 is 23.2 Å². The third-order valence-electron chi connectivity index (χ3n) is 4.49. The van der Waals surface area contributed by atoms with Crippen LogP contribution < -0.4 is 0 Å². The molecule has 0 bridgehead atoms. The van der Waals surface area contributed by atoms with Crippen molar-refractivity contribution >= 4 is 46.0 Å². The molecule has 1 unspecified atom stereocenters. The van der Waals surface area contributed by atoms with E-state index in [2.05, 4.69) is 10.3 Å². The third-order valence-corrected chi connectivity index (χ3v) is 5.05. The van der Waals surface area contributed by atoms with E-state index in [-0.39, 0.29) is 0 Å². The summed E-state index contributed by atoms with van der Waals surface area (Å²) in [6, 6.07) is 22.5. The molecule has 0 radical (unpaired) electrons. The predicted octanol–water partition coefficient (Wildman–Crippen LogP) is 6.03. The van der Waals surface area contributed by atoms with Crippen molar-refractivity contribution in [1.82, 2.24) is 15.0 Å². The molecule has 0 saturated carbocycles. The molecular weight excluding hydrogens is 405 g/mol. The number of allylic oxidation sites excluding steroid dienone is 2. The summed E-state index contributed by atoms with van der Waals surface area (Å²) in [6.07, 6.45) is 4.61. The van der Waals surface area contributed by atoms with Crippen molar-refractivity contribution in [1.29, 1.82) is 0 Å². The summed E-state index contributed by atoms with van der Waals surface area (Å²) in [4.78, 5) is 0. The topological polar surface area (TPSA) is 50.9 Å². The van der Waals surface area contributed by atoms with Gasteiger partial charge in [-0.15, -0.1) is 5.10 Å². The van der Waals surface area contributed by atoms with E-state index in [1.807, 2.05) is 72.8 Å². The van der Waals surface area contributed by atoms with Crippen LogP contribution in [0.2, 0.25) is 10.0 Å². The van der Waals surface area contributed by atoms with Crippen molar-refractivity contribution in [3.8, 4) is 0 Å². The maximum Gasteiger partial charge on any atom is 0.123 e. The summed E-state index contributed by atoms with van der Waals surface area (Å²) in [7, 11) is 0. The molecule has 6 heteroatoms. The average Bonchev–Trinajstić information content (AvgIpc) is 3.15. The van der Waals surface area contributed by atoms with Crippen molar-refractivity contribution in [2.75, 3.05) is 0 Å². The summed E-state index contributed by atoms with van der Waals surface area (Å²) >= 11 is 12.4. The number of aromatic nitrogens is 3. The molecule has 0 amide bonds. The fourth-order valence-electron chi connectivity index (χ4n) is 3.04. The molecule has 0 spiro atoms. The van der Waals surface area contributed by atoms with Crippen molar-refractivity contribution < 1.29 is 5.11 Å². The number of para-hydroxylation sites is 1. The van der Waals surface area contributed by atoms with Crippen LogP contribution in [0.15, 0.2) is 84.9 Å². The van der Waals surface area contributed by atoms with Crippen LogP contribution in [0.4, 0.5) is 0 Å². The Balaban J connectivity index is 1.80. The fraction of sp³-hybridized carbons (Fsp3) is 0.0435. The van der Waals surface area contributed by atoms with Gasteiger partial charge in [0.25, 0.3) is 0 Å². The smallest absolute Gasteiger partial charge is 0.123 e. The lowest BCUT2D eigenvalue weighted by molar-refractivity contribution is 0.230. The van der Waals surface area contributed by atoms with Gasteiger partial charge in [-0.3, -0.25) is 0 Å². The first kappa shape index (κ1) is 19.4. The number of hydrogen-bond donors (Lipinski definition) is 1. The van der Waals surface area contributed by atoms with Crippen LogP contribution in [0.25, 0.3) is 22.8 Å². The van der Waals surface area contributed by atoms with Gasteiger partial charge in [0, 0.05) is 15.6 Å². The van der Waals surface area contributed by atoms with Gasteiger partial charge in [0.1, 0.15) is 11.6 Å². The maximum absolute atomic E-state index is 11.2. The molecule has 0 aliphatic heterocycles. The zero-order valence-corrected chi connectivity index (χ0v) is 16.8. The van der Waals surface area contributed by atoms with E-state index in [1.165, 1.54) is 0 Å². The Kier molecular flexibility index (Phi) is 5.76. The van der Waals surface area contributed by atoms with Crippen LogP contribution in [-0.2, 0) is 0 Å². The minimum atomic E-state index is -1.02. The molecule has 4 aromatic rings. The second-order valence-corrected chi connectivity index (χ2v) is 7.26. The molecule has 4 rings (SSSR count). The molecule has 4 nitrogen and oxygen atoms in total. The first-order chi connectivity index (χ1) is 14.1. The predicted molar refractivity (Wildman–Crippen MR) is 119 cm³/mol. The molecule has 0 aliphatic carbocycles. The molecule has 1 aromatic heterocycles. The van der Waals surface area contributed by atoms with E-state index >= 15 is 0 Å². The number of hydrogen-bond acceptors (Lipinski definition) is 3. The van der Waals surface area contributed by atoms with Gasteiger partial charge in [0.15, 0.2) is 0 Å². The molecular formula is C23H17Cl2N3O. The van der Waals surface area contributed by atoms with E-state index in [1.54, 1.807) is 22.9 Å². The number of fused-ring (bicyclic) bond motifs is 1. The molecule has 29 heavy (non-hydrogen) atoms. The second kappa shape index (κ2) is 8.62. The normalized spacial score (nSPS) is 13.3. The lowest BCUT2D eigenvalue weighted by Gasteiger charge is -2.17. The van der Waals surface area contributed by atoms with Gasteiger partial charge in [-0.25, -0.2) is 4.68 Å². The number of rotatable bonds is 5. The Labute approximate surface area is 178 Å². The van der Waals surface area contributed by atoms with Gasteiger partial charge in [-0.2, -0.15) is 0 Å². The summed E-state index contributed by atoms with van der Waals surface area (Å²) in [6.45, 7) is 0. The number of aliphatic hydroxyl groups is 1. The molecule has 0 fully saturated rings. The standard InChI is InChI=1S/C23H17Cl2N3O/c24-17-13-14-18(19(25)15-17)23(29)22(12-6-9-16-7-2-1-3-8-16)28-21-11-5-4-10-20(21)26-27-28/h1-15,23,29H/b9-6+,22-12+. The van der Waals surface area contributed by atoms with Crippen LogP contribution in [0.5, 0.6) is 0 Å². The first-order valence-corrected chi connectivity index (χ1v) is 9.76. The monoisotopic (exact) mass is 421 g/mol. The van der Waals surface area contributed by atoms with Crippen molar-refractivity contribution in [3.05, 3.63) is 106 Å². The van der Waals surface area contributed by atoms with E-state index < -0.39 is 6.10 Å². The minimum absolute atomic E-state index is 0.382.